The average molecular weight is 479 g/mol. The van der Waals surface area contributed by atoms with Crippen LogP contribution >= 0.6 is 11.6 Å². The van der Waals surface area contributed by atoms with E-state index in [9.17, 15) is 18.8 Å². The molecular weight excluding hydrogens is 459 g/mol. The van der Waals surface area contributed by atoms with Crippen molar-refractivity contribution in [2.75, 3.05) is 10.2 Å². The Labute approximate surface area is 199 Å². The van der Waals surface area contributed by atoms with Crippen molar-refractivity contribution in [3.63, 3.8) is 0 Å². The molecule has 34 heavy (non-hydrogen) atoms. The first kappa shape index (κ1) is 23.1. The highest BCUT2D eigenvalue weighted by molar-refractivity contribution is 6.31. The molecule has 0 aliphatic rings. The minimum absolute atomic E-state index is 0.0328. The van der Waals surface area contributed by atoms with Crippen LogP contribution in [0.15, 0.2) is 77.6 Å². The summed E-state index contributed by atoms with van der Waals surface area (Å²) >= 11 is 6.26. The minimum Gasteiger partial charge on any atom is -0.324 e. The molecule has 0 aliphatic heterocycles. The van der Waals surface area contributed by atoms with Gasteiger partial charge in [-0.1, -0.05) is 48.0 Å². The highest BCUT2D eigenvalue weighted by Gasteiger charge is 2.22. The smallest absolute Gasteiger partial charge is 0.294 e. The summed E-state index contributed by atoms with van der Waals surface area (Å²) in [5.74, 6) is -1.56. The van der Waals surface area contributed by atoms with Gasteiger partial charge in [0.25, 0.3) is 5.56 Å². The minimum atomic E-state index is -0.615. The van der Waals surface area contributed by atoms with E-state index >= 15 is 0 Å². The Bertz CT molecular complexity index is 1450. The molecule has 9 heteroatoms. The van der Waals surface area contributed by atoms with Gasteiger partial charge in [-0.15, -0.1) is 0 Å². The van der Waals surface area contributed by atoms with E-state index in [1.807, 2.05) is 0 Å². The van der Waals surface area contributed by atoms with E-state index in [0.717, 1.165) is 0 Å². The van der Waals surface area contributed by atoms with Crippen LogP contribution in [0.3, 0.4) is 0 Å². The predicted molar refractivity (Wildman–Crippen MR) is 129 cm³/mol. The molecular formula is C25H20ClFN4O3. The molecule has 172 valence electrons. The molecule has 1 aromatic heterocycles. The van der Waals surface area contributed by atoms with Gasteiger partial charge in [0, 0.05) is 17.6 Å². The third kappa shape index (κ3) is 4.97. The fraction of sp³-hybridized carbons (Fsp3) is 0.120. The summed E-state index contributed by atoms with van der Waals surface area (Å²) in [5, 5.41) is 3.03. The van der Waals surface area contributed by atoms with Crippen LogP contribution in [0.4, 0.5) is 15.9 Å². The molecule has 0 bridgehead atoms. The molecule has 2 amide bonds. The zero-order chi connectivity index (χ0) is 24.2. The highest BCUT2D eigenvalue weighted by Crippen LogP contribution is 2.21. The lowest BCUT2D eigenvalue weighted by atomic mass is 10.2. The van der Waals surface area contributed by atoms with Crippen molar-refractivity contribution >= 4 is 46.0 Å². The van der Waals surface area contributed by atoms with Crippen LogP contribution < -0.4 is 15.8 Å². The Balaban J connectivity index is 1.75. The SMILES string of the molecule is CC(=O)N(Cc1ccccc1Cl)c1nc2ccccc2n(CC(=O)Nc2cccc(F)c2)c1=O. The number of nitrogens with one attached hydrogen (secondary N) is 1. The number of benzene rings is 3. The topological polar surface area (TPSA) is 84.3 Å². The van der Waals surface area contributed by atoms with E-state index in [2.05, 4.69) is 10.3 Å². The highest BCUT2D eigenvalue weighted by atomic mass is 35.5. The van der Waals surface area contributed by atoms with Gasteiger partial charge in [0.05, 0.1) is 17.6 Å². The Hall–Kier alpha value is -4.04. The number of anilines is 2. The van der Waals surface area contributed by atoms with E-state index in [1.54, 1.807) is 54.6 Å². The van der Waals surface area contributed by atoms with Crippen molar-refractivity contribution < 1.29 is 14.0 Å². The molecule has 4 aromatic rings. The third-order valence-electron chi connectivity index (χ3n) is 5.17. The summed E-state index contributed by atoms with van der Waals surface area (Å²) in [6.07, 6.45) is 0. The van der Waals surface area contributed by atoms with Crippen molar-refractivity contribution in [1.82, 2.24) is 9.55 Å². The van der Waals surface area contributed by atoms with E-state index in [4.69, 9.17) is 11.6 Å². The molecule has 1 heterocycles. The second kappa shape index (κ2) is 9.84. The second-order valence-corrected chi connectivity index (χ2v) is 7.98. The number of rotatable bonds is 6. The molecule has 3 aromatic carbocycles. The molecule has 7 nitrogen and oxygen atoms in total. The molecule has 4 rings (SSSR count). The van der Waals surface area contributed by atoms with Crippen LogP contribution in [-0.2, 0) is 22.7 Å². The lowest BCUT2D eigenvalue weighted by Gasteiger charge is -2.22. The summed E-state index contributed by atoms with van der Waals surface area (Å²) in [5.41, 5.74) is 1.15. The van der Waals surface area contributed by atoms with Crippen LogP contribution in [0, 0.1) is 5.82 Å². The lowest BCUT2D eigenvalue weighted by molar-refractivity contribution is -0.117. The molecule has 0 atom stereocenters. The number of amides is 2. The number of fused-ring (bicyclic) bond motifs is 1. The number of para-hydroxylation sites is 2. The number of nitrogens with zero attached hydrogens (tertiary/aromatic N) is 3. The van der Waals surface area contributed by atoms with Crippen LogP contribution in [0.5, 0.6) is 0 Å². The lowest BCUT2D eigenvalue weighted by Crippen LogP contribution is -2.38. The molecule has 1 N–H and O–H groups in total. The molecule has 0 unspecified atom stereocenters. The first-order valence-electron chi connectivity index (χ1n) is 10.4. The summed E-state index contributed by atoms with van der Waals surface area (Å²) in [6, 6.07) is 19.3. The fourth-order valence-corrected chi connectivity index (χ4v) is 3.75. The van der Waals surface area contributed by atoms with Crippen LogP contribution in [0.25, 0.3) is 11.0 Å². The predicted octanol–water partition coefficient (Wildman–Crippen LogP) is 4.38. The number of hydrogen-bond acceptors (Lipinski definition) is 4. The summed E-state index contributed by atoms with van der Waals surface area (Å²) in [6.45, 7) is 1.00. The first-order valence-corrected chi connectivity index (χ1v) is 10.8. The van der Waals surface area contributed by atoms with Crippen molar-refractivity contribution in [2.24, 2.45) is 0 Å². The maximum atomic E-state index is 13.5. The van der Waals surface area contributed by atoms with Gasteiger partial charge < -0.3 is 5.32 Å². The number of halogens is 2. The van der Waals surface area contributed by atoms with Gasteiger partial charge in [-0.05, 0) is 42.0 Å². The summed E-state index contributed by atoms with van der Waals surface area (Å²) < 4.78 is 14.7. The monoisotopic (exact) mass is 478 g/mol. The standard InChI is InChI=1S/C25H20ClFN4O3/c1-16(32)30(14-17-7-2-3-10-20(17)26)24-25(34)31(22-12-5-4-11-21(22)29-24)15-23(33)28-19-9-6-8-18(27)13-19/h2-13H,14-15H2,1H3,(H,28,33). The Morgan fingerprint density at radius 3 is 2.53 bits per heavy atom. The van der Waals surface area contributed by atoms with Crippen molar-refractivity contribution in [3.05, 3.63) is 99.6 Å². The molecule has 0 saturated heterocycles. The van der Waals surface area contributed by atoms with E-state index in [1.165, 1.54) is 34.6 Å². The van der Waals surface area contributed by atoms with E-state index in [-0.39, 0.29) is 24.6 Å². The molecule has 0 fully saturated rings. The molecule has 0 spiro atoms. The molecule has 0 aliphatic carbocycles. The Morgan fingerprint density at radius 2 is 1.79 bits per heavy atom. The van der Waals surface area contributed by atoms with Gasteiger partial charge in [-0.25, -0.2) is 9.37 Å². The zero-order valence-corrected chi connectivity index (χ0v) is 18.9. The maximum absolute atomic E-state index is 13.5. The van der Waals surface area contributed by atoms with Crippen LogP contribution in [0.2, 0.25) is 5.02 Å². The zero-order valence-electron chi connectivity index (χ0n) is 18.2. The fourth-order valence-electron chi connectivity index (χ4n) is 3.55. The number of carbonyl (C=O) groups is 2. The average Bonchev–Trinajstić information content (AvgIpc) is 2.80. The van der Waals surface area contributed by atoms with E-state index < -0.39 is 23.2 Å². The van der Waals surface area contributed by atoms with Gasteiger partial charge in [-0.3, -0.25) is 23.9 Å². The van der Waals surface area contributed by atoms with Gasteiger partial charge in [-0.2, -0.15) is 0 Å². The number of hydrogen-bond donors (Lipinski definition) is 1. The van der Waals surface area contributed by atoms with Crippen molar-refractivity contribution in [1.29, 1.82) is 0 Å². The molecule has 0 radical (unpaired) electrons. The quantitative estimate of drug-likeness (QED) is 0.445. The normalized spacial score (nSPS) is 10.8. The van der Waals surface area contributed by atoms with Gasteiger partial charge in [0.1, 0.15) is 12.4 Å². The number of aromatic nitrogens is 2. The maximum Gasteiger partial charge on any atom is 0.294 e. The Morgan fingerprint density at radius 1 is 1.06 bits per heavy atom. The van der Waals surface area contributed by atoms with Gasteiger partial charge in [0.15, 0.2) is 0 Å². The van der Waals surface area contributed by atoms with E-state index in [0.29, 0.717) is 21.6 Å². The number of carbonyl (C=O) groups excluding carboxylic acids is 2. The third-order valence-corrected chi connectivity index (χ3v) is 5.54. The summed E-state index contributed by atoms with van der Waals surface area (Å²) in [4.78, 5) is 44.4. The second-order valence-electron chi connectivity index (χ2n) is 7.57. The Kier molecular flexibility index (Phi) is 6.70. The molecule has 0 saturated carbocycles. The van der Waals surface area contributed by atoms with Crippen LogP contribution in [0.1, 0.15) is 12.5 Å². The first-order chi connectivity index (χ1) is 16.3. The van der Waals surface area contributed by atoms with Crippen LogP contribution in [-0.4, -0.2) is 21.4 Å². The summed E-state index contributed by atoms with van der Waals surface area (Å²) in [7, 11) is 0. The van der Waals surface area contributed by atoms with Gasteiger partial charge >= 0.3 is 0 Å². The van der Waals surface area contributed by atoms with Crippen molar-refractivity contribution in [3.8, 4) is 0 Å². The largest absolute Gasteiger partial charge is 0.324 e. The van der Waals surface area contributed by atoms with Crippen molar-refractivity contribution in [2.45, 2.75) is 20.0 Å². The van der Waals surface area contributed by atoms with Gasteiger partial charge in [0.2, 0.25) is 17.6 Å².